The van der Waals surface area contributed by atoms with E-state index in [1.165, 1.54) is 4.90 Å². The molecule has 5 heteroatoms. The predicted octanol–water partition coefficient (Wildman–Crippen LogP) is 0.874. The molecule has 1 N–H and O–H groups in total. The molecule has 0 radical (unpaired) electrons. The third kappa shape index (κ3) is 2.72. The van der Waals surface area contributed by atoms with E-state index in [-0.39, 0.29) is 18.2 Å². The van der Waals surface area contributed by atoms with Crippen LogP contribution >= 0.6 is 0 Å². The molecule has 0 bridgehead atoms. The molecular formula is C11H19NO4. The topological polar surface area (TPSA) is 66.8 Å². The first-order valence-electron chi connectivity index (χ1n) is 5.58. The van der Waals surface area contributed by atoms with Crippen molar-refractivity contribution < 1.29 is 19.4 Å². The molecule has 0 aromatic carbocycles. The number of ether oxygens (including phenoxy) is 1. The molecule has 0 aromatic rings. The van der Waals surface area contributed by atoms with Gasteiger partial charge in [0, 0.05) is 6.04 Å². The minimum Gasteiger partial charge on any atom is -0.480 e. The van der Waals surface area contributed by atoms with Gasteiger partial charge in [0.05, 0.1) is 12.2 Å². The van der Waals surface area contributed by atoms with E-state index >= 15 is 0 Å². The molecule has 0 saturated carbocycles. The van der Waals surface area contributed by atoms with Crippen LogP contribution in [0.1, 0.15) is 33.6 Å². The zero-order chi connectivity index (χ0) is 12.3. The summed E-state index contributed by atoms with van der Waals surface area (Å²) in [5.41, 5.74) is 0. The van der Waals surface area contributed by atoms with Crippen LogP contribution in [0.15, 0.2) is 0 Å². The highest BCUT2D eigenvalue weighted by atomic mass is 16.5. The molecule has 1 fully saturated rings. The van der Waals surface area contributed by atoms with Crippen LogP contribution in [-0.4, -0.2) is 46.7 Å². The second-order valence-electron chi connectivity index (χ2n) is 4.49. The number of carbonyl (C=O) groups excluding carboxylic acids is 1. The molecular weight excluding hydrogens is 210 g/mol. The molecule has 0 spiro atoms. The highest BCUT2D eigenvalue weighted by molar-refractivity contribution is 5.77. The summed E-state index contributed by atoms with van der Waals surface area (Å²) in [7, 11) is 0. The number of amides is 1. The highest BCUT2D eigenvalue weighted by Gasteiger charge is 2.38. The van der Waals surface area contributed by atoms with E-state index in [9.17, 15) is 14.7 Å². The summed E-state index contributed by atoms with van der Waals surface area (Å²) < 4.78 is 5.54. The second kappa shape index (κ2) is 5.30. The summed E-state index contributed by atoms with van der Waals surface area (Å²) in [5, 5.41) is 9.19. The van der Waals surface area contributed by atoms with Crippen LogP contribution in [0.3, 0.4) is 0 Å². The van der Waals surface area contributed by atoms with Gasteiger partial charge < -0.3 is 14.7 Å². The van der Waals surface area contributed by atoms with E-state index in [1.807, 2.05) is 6.92 Å². The van der Waals surface area contributed by atoms with Crippen molar-refractivity contribution in [3.05, 3.63) is 0 Å². The molecule has 3 atom stereocenters. The maximum Gasteiger partial charge on any atom is 0.329 e. The zero-order valence-corrected chi connectivity index (χ0v) is 9.92. The quantitative estimate of drug-likeness (QED) is 0.710. The van der Waals surface area contributed by atoms with Gasteiger partial charge in [-0.1, -0.05) is 0 Å². The van der Waals surface area contributed by atoms with Crippen LogP contribution in [0.4, 0.5) is 0 Å². The van der Waals surface area contributed by atoms with Crippen molar-refractivity contribution in [1.29, 1.82) is 0 Å². The van der Waals surface area contributed by atoms with Gasteiger partial charge in [-0.15, -0.1) is 0 Å². The molecule has 1 aliphatic heterocycles. The maximum atomic E-state index is 11.2. The van der Waals surface area contributed by atoms with E-state index < -0.39 is 12.0 Å². The van der Waals surface area contributed by atoms with Crippen molar-refractivity contribution >= 4 is 12.4 Å². The zero-order valence-electron chi connectivity index (χ0n) is 9.92. The number of nitrogens with zero attached hydrogens (tertiary/aromatic N) is 1. The van der Waals surface area contributed by atoms with Gasteiger partial charge >= 0.3 is 5.97 Å². The van der Waals surface area contributed by atoms with Crippen molar-refractivity contribution in [2.45, 2.75) is 57.9 Å². The summed E-state index contributed by atoms with van der Waals surface area (Å²) in [4.78, 5) is 23.5. The number of carboxylic acids is 1. The van der Waals surface area contributed by atoms with Crippen molar-refractivity contribution in [3.8, 4) is 0 Å². The lowest BCUT2D eigenvalue weighted by molar-refractivity contribution is -0.154. The second-order valence-corrected chi connectivity index (χ2v) is 4.49. The number of aliphatic carboxylic acids is 1. The number of hydrogen-bond donors (Lipinski definition) is 1. The van der Waals surface area contributed by atoms with E-state index in [0.29, 0.717) is 12.8 Å². The minimum absolute atomic E-state index is 0.0764. The lowest BCUT2D eigenvalue weighted by Crippen LogP contribution is -2.51. The van der Waals surface area contributed by atoms with Gasteiger partial charge in [-0.3, -0.25) is 4.79 Å². The monoisotopic (exact) mass is 229 g/mol. The van der Waals surface area contributed by atoms with Gasteiger partial charge in [0.1, 0.15) is 0 Å². The Morgan fingerprint density at radius 2 is 2.12 bits per heavy atom. The number of carbonyl (C=O) groups is 2. The minimum atomic E-state index is -1.00. The van der Waals surface area contributed by atoms with Crippen LogP contribution in [0.5, 0.6) is 0 Å². The molecule has 1 heterocycles. The van der Waals surface area contributed by atoms with Crippen molar-refractivity contribution in [2.75, 3.05) is 0 Å². The molecule has 1 rings (SSSR count). The Morgan fingerprint density at radius 3 is 2.44 bits per heavy atom. The predicted molar refractivity (Wildman–Crippen MR) is 58.0 cm³/mol. The van der Waals surface area contributed by atoms with Crippen LogP contribution < -0.4 is 0 Å². The Balaban J connectivity index is 2.81. The van der Waals surface area contributed by atoms with Crippen LogP contribution in [0, 0.1) is 0 Å². The van der Waals surface area contributed by atoms with Gasteiger partial charge in [0.25, 0.3) is 0 Å². The lowest BCUT2D eigenvalue weighted by atomic mass is 10.1. The van der Waals surface area contributed by atoms with E-state index in [0.717, 1.165) is 6.42 Å². The van der Waals surface area contributed by atoms with E-state index in [4.69, 9.17) is 4.74 Å². The van der Waals surface area contributed by atoms with Crippen molar-refractivity contribution in [1.82, 2.24) is 4.90 Å². The Labute approximate surface area is 95.4 Å². The Hall–Kier alpha value is -1.10. The fourth-order valence-corrected chi connectivity index (χ4v) is 2.05. The summed E-state index contributed by atoms with van der Waals surface area (Å²) in [6.45, 7) is 5.50. The Kier molecular flexibility index (Phi) is 4.29. The van der Waals surface area contributed by atoms with Crippen LogP contribution in [0.2, 0.25) is 0 Å². The van der Waals surface area contributed by atoms with Gasteiger partial charge in [0.2, 0.25) is 6.41 Å². The van der Waals surface area contributed by atoms with Gasteiger partial charge in [-0.25, -0.2) is 4.79 Å². The van der Waals surface area contributed by atoms with Crippen molar-refractivity contribution in [2.24, 2.45) is 0 Å². The lowest BCUT2D eigenvalue weighted by Gasteiger charge is -2.32. The fourth-order valence-electron chi connectivity index (χ4n) is 2.05. The molecule has 92 valence electrons. The summed E-state index contributed by atoms with van der Waals surface area (Å²) in [6, 6.07) is -1.01. The van der Waals surface area contributed by atoms with Crippen LogP contribution in [0.25, 0.3) is 0 Å². The SMILES string of the molecule is CC1CCC(C(C(=O)O)N(C=O)C(C)C)O1. The van der Waals surface area contributed by atoms with Crippen molar-refractivity contribution in [3.63, 3.8) is 0 Å². The first-order valence-corrected chi connectivity index (χ1v) is 5.58. The van der Waals surface area contributed by atoms with E-state index in [2.05, 4.69) is 0 Å². The normalized spacial score (nSPS) is 26.8. The third-order valence-corrected chi connectivity index (χ3v) is 2.91. The first kappa shape index (κ1) is 13.0. The molecule has 16 heavy (non-hydrogen) atoms. The summed E-state index contributed by atoms with van der Waals surface area (Å²) >= 11 is 0. The molecule has 0 aromatic heterocycles. The molecule has 5 nitrogen and oxygen atoms in total. The average molecular weight is 229 g/mol. The molecule has 1 saturated heterocycles. The number of hydrogen-bond acceptors (Lipinski definition) is 3. The standard InChI is InChI=1S/C11H19NO4/c1-7(2)12(6-13)10(11(14)15)9-5-4-8(3)16-9/h6-10H,4-5H2,1-3H3,(H,14,15). The summed E-state index contributed by atoms with van der Waals surface area (Å²) in [6.07, 6.45) is 1.82. The van der Waals surface area contributed by atoms with E-state index in [1.54, 1.807) is 13.8 Å². The molecule has 1 amide bonds. The average Bonchev–Trinajstić information content (AvgIpc) is 2.59. The molecule has 0 aliphatic carbocycles. The maximum absolute atomic E-state index is 11.2. The first-order chi connectivity index (χ1) is 7.47. The van der Waals surface area contributed by atoms with Gasteiger partial charge in [0.15, 0.2) is 6.04 Å². The third-order valence-electron chi connectivity index (χ3n) is 2.91. The van der Waals surface area contributed by atoms with Gasteiger partial charge in [-0.2, -0.15) is 0 Å². The number of carboxylic acid groups (broad SMARTS) is 1. The molecule has 1 aliphatic rings. The number of rotatable bonds is 5. The molecule has 3 unspecified atom stereocenters. The van der Waals surface area contributed by atoms with Gasteiger partial charge in [-0.05, 0) is 33.6 Å². The smallest absolute Gasteiger partial charge is 0.329 e. The fraction of sp³-hybridized carbons (Fsp3) is 0.818. The Morgan fingerprint density at radius 1 is 1.50 bits per heavy atom. The Bertz CT molecular complexity index is 267. The summed E-state index contributed by atoms with van der Waals surface area (Å²) in [5.74, 6) is -1.00. The highest BCUT2D eigenvalue weighted by Crippen LogP contribution is 2.25. The van der Waals surface area contributed by atoms with Crippen LogP contribution in [-0.2, 0) is 14.3 Å². The largest absolute Gasteiger partial charge is 0.480 e.